The second-order valence-electron chi connectivity index (χ2n) is 3.44. The van der Waals surface area contributed by atoms with E-state index in [1.807, 2.05) is 0 Å². The minimum atomic E-state index is -0.581. The van der Waals surface area contributed by atoms with Gasteiger partial charge >= 0.3 is 0 Å². The lowest BCUT2D eigenvalue weighted by Gasteiger charge is -2.09. The molecule has 0 bridgehead atoms. The van der Waals surface area contributed by atoms with Crippen LogP contribution in [0.5, 0.6) is 11.5 Å². The molecule has 1 aromatic heterocycles. The highest BCUT2D eigenvalue weighted by atomic mass is 35.5. The molecule has 1 heterocycles. The number of amidine groups is 1. The van der Waals surface area contributed by atoms with E-state index in [0.29, 0.717) is 0 Å². The third-order valence-electron chi connectivity index (χ3n) is 2.14. The summed E-state index contributed by atoms with van der Waals surface area (Å²) in [6, 6.07) is 7.28. The summed E-state index contributed by atoms with van der Waals surface area (Å²) < 4.78 is 18.7. The van der Waals surface area contributed by atoms with Crippen LogP contribution in [0, 0.1) is 11.2 Å². The summed E-state index contributed by atoms with van der Waals surface area (Å²) in [7, 11) is 0. The molecule has 0 aliphatic heterocycles. The Hall–Kier alpha value is -2.14. The van der Waals surface area contributed by atoms with Crippen LogP contribution in [0.3, 0.4) is 0 Å². The first-order chi connectivity index (χ1) is 8.58. The maximum Gasteiger partial charge on any atom is 0.156 e. The molecule has 6 heteroatoms. The first-order valence-corrected chi connectivity index (χ1v) is 5.38. The Labute approximate surface area is 108 Å². The van der Waals surface area contributed by atoms with E-state index < -0.39 is 5.82 Å². The van der Waals surface area contributed by atoms with Crippen molar-refractivity contribution < 1.29 is 9.13 Å². The van der Waals surface area contributed by atoms with Crippen molar-refractivity contribution in [3.05, 3.63) is 53.1 Å². The Balaban J connectivity index is 2.34. The zero-order chi connectivity index (χ0) is 13.1. The molecule has 0 fully saturated rings. The van der Waals surface area contributed by atoms with Gasteiger partial charge in [0.15, 0.2) is 5.75 Å². The molecule has 0 saturated carbocycles. The Bertz CT molecular complexity index is 604. The number of nitrogens with two attached hydrogens (primary N) is 1. The highest BCUT2D eigenvalue weighted by Gasteiger charge is 2.09. The summed E-state index contributed by atoms with van der Waals surface area (Å²) in [5, 5.41) is 7.37. The smallest absolute Gasteiger partial charge is 0.156 e. The van der Waals surface area contributed by atoms with Gasteiger partial charge in [-0.2, -0.15) is 0 Å². The number of nitrogens with zero attached hydrogens (tertiary/aromatic N) is 1. The predicted molar refractivity (Wildman–Crippen MR) is 66.7 cm³/mol. The second-order valence-corrected chi connectivity index (χ2v) is 3.85. The lowest BCUT2D eigenvalue weighted by molar-refractivity contribution is 0.473. The van der Waals surface area contributed by atoms with E-state index in [4.69, 9.17) is 27.5 Å². The highest BCUT2D eigenvalue weighted by Crippen LogP contribution is 2.26. The molecular formula is C12H9ClFN3O. The minimum Gasteiger partial charge on any atom is -0.455 e. The van der Waals surface area contributed by atoms with Crippen LogP contribution in [-0.4, -0.2) is 10.8 Å². The molecule has 0 radical (unpaired) electrons. The summed E-state index contributed by atoms with van der Waals surface area (Å²) >= 11 is 5.57. The van der Waals surface area contributed by atoms with Gasteiger partial charge in [0, 0.05) is 12.3 Å². The van der Waals surface area contributed by atoms with Crippen molar-refractivity contribution in [3.8, 4) is 11.5 Å². The zero-order valence-electron chi connectivity index (χ0n) is 9.15. The van der Waals surface area contributed by atoms with Gasteiger partial charge in [0.05, 0.1) is 5.02 Å². The van der Waals surface area contributed by atoms with Crippen molar-refractivity contribution in [1.29, 1.82) is 5.41 Å². The van der Waals surface area contributed by atoms with Crippen LogP contribution in [0.2, 0.25) is 5.02 Å². The Kier molecular flexibility index (Phi) is 3.43. The van der Waals surface area contributed by atoms with Crippen LogP contribution in [0.4, 0.5) is 4.39 Å². The molecule has 2 aromatic rings. The van der Waals surface area contributed by atoms with Gasteiger partial charge in [0.2, 0.25) is 0 Å². The third-order valence-corrected chi connectivity index (χ3v) is 2.45. The summed E-state index contributed by atoms with van der Waals surface area (Å²) in [5.74, 6) is -0.262. The van der Waals surface area contributed by atoms with Gasteiger partial charge in [-0.3, -0.25) is 5.41 Å². The maximum atomic E-state index is 13.2. The van der Waals surface area contributed by atoms with Gasteiger partial charge in [0.25, 0.3) is 0 Å². The molecule has 2 rings (SSSR count). The number of rotatable bonds is 3. The molecule has 0 amide bonds. The van der Waals surface area contributed by atoms with E-state index >= 15 is 0 Å². The molecule has 3 N–H and O–H groups in total. The average molecular weight is 266 g/mol. The van der Waals surface area contributed by atoms with Gasteiger partial charge in [-0.05, 0) is 24.3 Å². The SMILES string of the molecule is N=C(N)c1ncccc1Oc1ccc(Cl)c(F)c1. The van der Waals surface area contributed by atoms with Crippen molar-refractivity contribution in [2.75, 3.05) is 0 Å². The second kappa shape index (κ2) is 5.01. The lowest BCUT2D eigenvalue weighted by atomic mass is 10.3. The van der Waals surface area contributed by atoms with Crippen LogP contribution < -0.4 is 10.5 Å². The molecule has 0 aliphatic rings. The molecule has 1 aromatic carbocycles. The maximum absolute atomic E-state index is 13.2. The highest BCUT2D eigenvalue weighted by molar-refractivity contribution is 6.30. The van der Waals surface area contributed by atoms with Gasteiger partial charge in [-0.1, -0.05) is 11.6 Å². The van der Waals surface area contributed by atoms with Crippen LogP contribution >= 0.6 is 11.6 Å². The number of aromatic nitrogens is 1. The number of nitrogens with one attached hydrogen (secondary N) is 1. The zero-order valence-corrected chi connectivity index (χ0v) is 9.91. The van der Waals surface area contributed by atoms with Crippen LogP contribution in [0.15, 0.2) is 36.5 Å². The number of ether oxygens (including phenoxy) is 1. The van der Waals surface area contributed by atoms with E-state index in [1.165, 1.54) is 18.3 Å². The molecule has 0 unspecified atom stereocenters. The predicted octanol–water partition coefficient (Wildman–Crippen LogP) is 2.95. The molecule has 0 atom stereocenters. The van der Waals surface area contributed by atoms with Gasteiger partial charge in [-0.15, -0.1) is 0 Å². The molecule has 0 saturated heterocycles. The standard InChI is InChI=1S/C12H9ClFN3O/c13-8-4-3-7(6-9(8)14)18-10-2-1-5-17-11(10)12(15)16/h1-6H,(H3,15,16). The third kappa shape index (κ3) is 2.57. The van der Waals surface area contributed by atoms with Crippen molar-refractivity contribution in [2.24, 2.45) is 5.73 Å². The summed E-state index contributed by atoms with van der Waals surface area (Å²) in [6.07, 6.45) is 1.49. The van der Waals surface area contributed by atoms with Crippen molar-refractivity contribution in [3.63, 3.8) is 0 Å². The van der Waals surface area contributed by atoms with Crippen LogP contribution in [0.25, 0.3) is 0 Å². The van der Waals surface area contributed by atoms with Crippen LogP contribution in [0.1, 0.15) is 5.69 Å². The van der Waals surface area contributed by atoms with Crippen LogP contribution in [-0.2, 0) is 0 Å². The molecule has 0 aliphatic carbocycles. The molecule has 18 heavy (non-hydrogen) atoms. The van der Waals surface area contributed by atoms with Crippen molar-refractivity contribution in [2.45, 2.75) is 0 Å². The average Bonchev–Trinajstić information content (AvgIpc) is 2.34. The van der Waals surface area contributed by atoms with Gasteiger partial charge < -0.3 is 10.5 Å². The first-order valence-electron chi connectivity index (χ1n) is 5.00. The fraction of sp³-hybridized carbons (Fsp3) is 0. The Morgan fingerprint density at radius 2 is 2.17 bits per heavy atom. The van der Waals surface area contributed by atoms with E-state index in [2.05, 4.69) is 4.98 Å². The van der Waals surface area contributed by atoms with Gasteiger partial charge in [-0.25, -0.2) is 9.37 Å². The monoisotopic (exact) mass is 265 g/mol. The van der Waals surface area contributed by atoms with Crippen molar-refractivity contribution >= 4 is 17.4 Å². The van der Waals surface area contributed by atoms with Crippen molar-refractivity contribution in [1.82, 2.24) is 4.98 Å². The molecule has 4 nitrogen and oxygen atoms in total. The molecule has 92 valence electrons. The molecule has 0 spiro atoms. The van der Waals surface area contributed by atoms with E-state index in [-0.39, 0.29) is 28.1 Å². The number of hydrogen-bond acceptors (Lipinski definition) is 3. The van der Waals surface area contributed by atoms with E-state index in [0.717, 1.165) is 6.07 Å². The number of pyridine rings is 1. The first kappa shape index (κ1) is 12.3. The summed E-state index contributed by atoms with van der Waals surface area (Å²) in [4.78, 5) is 3.92. The number of benzene rings is 1. The largest absolute Gasteiger partial charge is 0.455 e. The van der Waals surface area contributed by atoms with E-state index in [1.54, 1.807) is 12.1 Å². The van der Waals surface area contributed by atoms with E-state index in [9.17, 15) is 4.39 Å². The lowest BCUT2D eigenvalue weighted by Crippen LogP contribution is -2.14. The minimum absolute atomic E-state index is 0.0142. The number of nitrogen functional groups attached to an aromatic ring is 1. The Morgan fingerprint density at radius 3 is 2.83 bits per heavy atom. The topological polar surface area (TPSA) is 72.0 Å². The number of halogens is 2. The number of hydrogen-bond donors (Lipinski definition) is 2. The quantitative estimate of drug-likeness (QED) is 0.662. The fourth-order valence-corrected chi connectivity index (χ4v) is 1.46. The summed E-state index contributed by atoms with van der Waals surface area (Å²) in [5.41, 5.74) is 5.57. The summed E-state index contributed by atoms with van der Waals surface area (Å²) in [6.45, 7) is 0. The Morgan fingerprint density at radius 1 is 1.39 bits per heavy atom. The van der Waals surface area contributed by atoms with Gasteiger partial charge in [0.1, 0.15) is 23.1 Å². The molecular weight excluding hydrogens is 257 g/mol. The normalized spacial score (nSPS) is 10.1. The fourth-order valence-electron chi connectivity index (χ4n) is 1.34.